The highest BCUT2D eigenvalue weighted by molar-refractivity contribution is 7.92. The van der Waals surface area contributed by atoms with Crippen LogP contribution < -0.4 is 5.32 Å². The lowest BCUT2D eigenvalue weighted by molar-refractivity contribution is -0.129. The number of nitrogens with one attached hydrogen (secondary N) is 1. The molecule has 0 aromatic heterocycles. The van der Waals surface area contributed by atoms with Gasteiger partial charge >= 0.3 is 0 Å². The largest absolute Gasteiger partial charge is 0.340 e. The van der Waals surface area contributed by atoms with E-state index in [4.69, 9.17) is 0 Å². The van der Waals surface area contributed by atoms with Crippen molar-refractivity contribution >= 4 is 28.2 Å². The number of piperidine rings is 1. The molecule has 1 N–H and O–H groups in total. The third-order valence-electron chi connectivity index (χ3n) is 4.29. The topological polar surface area (TPSA) is 66.5 Å². The van der Waals surface area contributed by atoms with E-state index in [9.17, 15) is 13.2 Å². The van der Waals surface area contributed by atoms with Crippen molar-refractivity contribution in [3.8, 4) is 0 Å². The lowest BCUT2D eigenvalue weighted by Crippen LogP contribution is -2.48. The number of hydrogen-bond acceptors (Lipinski definition) is 4. The number of rotatable bonds is 7. The Morgan fingerprint density at radius 3 is 2.67 bits per heavy atom. The molecule has 0 radical (unpaired) electrons. The maximum atomic E-state index is 12.2. The molecule has 24 heavy (non-hydrogen) atoms. The predicted octanol–water partition coefficient (Wildman–Crippen LogP) is 1.67. The number of likely N-dealkylation sites (tertiary alicyclic amines) is 1. The molecular weight excluding hydrogens is 348 g/mol. The van der Waals surface area contributed by atoms with E-state index in [1.165, 1.54) is 0 Å². The second kappa shape index (κ2) is 10.0. The van der Waals surface area contributed by atoms with Gasteiger partial charge in [-0.2, -0.15) is 0 Å². The molecule has 1 aliphatic heterocycles. The van der Waals surface area contributed by atoms with Crippen molar-refractivity contribution in [2.45, 2.75) is 31.7 Å². The molecule has 0 spiro atoms. The number of benzene rings is 1. The van der Waals surface area contributed by atoms with E-state index in [-0.39, 0.29) is 35.9 Å². The first-order valence-electron chi connectivity index (χ1n) is 8.19. The SMILES string of the molecule is CNC1CCCN(C(=O)CS(=O)(=O)CCCc2ccccc2)C1.Cl. The van der Waals surface area contributed by atoms with Crippen molar-refractivity contribution < 1.29 is 13.2 Å². The number of aryl methyl sites for hydroxylation is 1. The van der Waals surface area contributed by atoms with Gasteiger partial charge in [-0.15, -0.1) is 12.4 Å². The first kappa shape index (κ1) is 20.9. The number of hydrogen-bond donors (Lipinski definition) is 1. The molecule has 5 nitrogen and oxygen atoms in total. The second-order valence-electron chi connectivity index (χ2n) is 6.15. The van der Waals surface area contributed by atoms with Gasteiger partial charge in [0.2, 0.25) is 5.91 Å². The summed E-state index contributed by atoms with van der Waals surface area (Å²) in [4.78, 5) is 13.9. The fourth-order valence-electron chi connectivity index (χ4n) is 2.93. The Balaban J connectivity index is 0.00000288. The van der Waals surface area contributed by atoms with Crippen LogP contribution in [-0.2, 0) is 21.1 Å². The molecule has 136 valence electrons. The molecule has 0 saturated carbocycles. The number of carbonyl (C=O) groups excluding carboxylic acids is 1. The van der Waals surface area contributed by atoms with Crippen molar-refractivity contribution in [2.75, 3.05) is 31.6 Å². The quantitative estimate of drug-likeness (QED) is 0.788. The number of carbonyl (C=O) groups is 1. The number of sulfone groups is 1. The summed E-state index contributed by atoms with van der Waals surface area (Å²) in [5, 5.41) is 3.16. The number of nitrogens with zero attached hydrogens (tertiary/aromatic N) is 1. The molecular formula is C17H27ClN2O3S. The Morgan fingerprint density at radius 2 is 2.00 bits per heavy atom. The van der Waals surface area contributed by atoms with Crippen LogP contribution in [0.25, 0.3) is 0 Å². The minimum absolute atomic E-state index is 0. The highest BCUT2D eigenvalue weighted by Crippen LogP contribution is 2.11. The average molecular weight is 375 g/mol. The van der Waals surface area contributed by atoms with E-state index in [1.54, 1.807) is 4.90 Å². The normalized spacial score (nSPS) is 18.0. The van der Waals surface area contributed by atoms with E-state index in [2.05, 4.69) is 5.32 Å². The van der Waals surface area contributed by atoms with Gasteiger partial charge in [0.25, 0.3) is 0 Å². The Labute approximate surface area is 151 Å². The molecule has 1 atom stereocenters. The monoisotopic (exact) mass is 374 g/mol. The van der Waals surface area contributed by atoms with Crippen LogP contribution in [0.1, 0.15) is 24.8 Å². The zero-order valence-electron chi connectivity index (χ0n) is 14.1. The molecule has 1 aliphatic rings. The van der Waals surface area contributed by atoms with E-state index >= 15 is 0 Å². The fourth-order valence-corrected chi connectivity index (χ4v) is 4.22. The molecule has 0 aliphatic carbocycles. The third kappa shape index (κ3) is 6.79. The molecule has 1 heterocycles. The highest BCUT2D eigenvalue weighted by Gasteiger charge is 2.26. The molecule has 1 aromatic rings. The van der Waals surface area contributed by atoms with Gasteiger partial charge in [-0.05, 0) is 38.3 Å². The predicted molar refractivity (Wildman–Crippen MR) is 99.3 cm³/mol. The standard InChI is InChI=1S/C17H26N2O3S.ClH/c1-18-16-10-5-11-19(13-16)17(20)14-23(21,22)12-6-9-15-7-3-2-4-8-15;/h2-4,7-8,16,18H,5-6,9-14H2,1H3;1H. The van der Waals surface area contributed by atoms with Gasteiger partial charge in [-0.1, -0.05) is 30.3 Å². The van der Waals surface area contributed by atoms with Gasteiger partial charge in [0.1, 0.15) is 5.75 Å². The molecule has 1 fully saturated rings. The van der Waals surface area contributed by atoms with E-state index in [0.717, 1.165) is 24.8 Å². The van der Waals surface area contributed by atoms with Gasteiger partial charge < -0.3 is 10.2 Å². The lowest BCUT2D eigenvalue weighted by atomic mass is 10.1. The van der Waals surface area contributed by atoms with Crippen LogP contribution in [0, 0.1) is 0 Å². The van der Waals surface area contributed by atoms with Crippen LogP contribution in [-0.4, -0.2) is 56.9 Å². The van der Waals surface area contributed by atoms with E-state index < -0.39 is 9.84 Å². The summed E-state index contributed by atoms with van der Waals surface area (Å²) >= 11 is 0. The Kier molecular flexibility index (Phi) is 8.73. The Morgan fingerprint density at radius 1 is 1.29 bits per heavy atom. The first-order chi connectivity index (χ1) is 11.0. The number of likely N-dealkylation sites (N-methyl/N-ethyl adjacent to an activating group) is 1. The number of amides is 1. The van der Waals surface area contributed by atoms with Crippen LogP contribution in [0.3, 0.4) is 0 Å². The van der Waals surface area contributed by atoms with Crippen molar-refractivity contribution in [3.63, 3.8) is 0 Å². The van der Waals surface area contributed by atoms with E-state index in [1.807, 2.05) is 37.4 Å². The Bertz CT molecular complexity index is 608. The van der Waals surface area contributed by atoms with Crippen molar-refractivity contribution in [1.29, 1.82) is 0 Å². The maximum absolute atomic E-state index is 12.2. The van der Waals surface area contributed by atoms with Gasteiger partial charge in [0.05, 0.1) is 5.75 Å². The molecule has 7 heteroatoms. The van der Waals surface area contributed by atoms with Crippen LogP contribution in [0.4, 0.5) is 0 Å². The maximum Gasteiger partial charge on any atom is 0.237 e. The highest BCUT2D eigenvalue weighted by atomic mass is 35.5. The van der Waals surface area contributed by atoms with Crippen molar-refractivity contribution in [2.24, 2.45) is 0 Å². The summed E-state index contributed by atoms with van der Waals surface area (Å²) in [6.45, 7) is 1.27. The minimum atomic E-state index is -3.34. The summed E-state index contributed by atoms with van der Waals surface area (Å²) in [7, 11) is -1.46. The van der Waals surface area contributed by atoms with Crippen LogP contribution in [0.2, 0.25) is 0 Å². The smallest absolute Gasteiger partial charge is 0.237 e. The van der Waals surface area contributed by atoms with Gasteiger partial charge in [-0.3, -0.25) is 4.79 Å². The van der Waals surface area contributed by atoms with Crippen LogP contribution in [0.5, 0.6) is 0 Å². The minimum Gasteiger partial charge on any atom is -0.340 e. The summed E-state index contributed by atoms with van der Waals surface area (Å²) < 4.78 is 24.3. The zero-order valence-corrected chi connectivity index (χ0v) is 15.7. The molecule has 1 saturated heterocycles. The molecule has 0 bridgehead atoms. The summed E-state index contributed by atoms with van der Waals surface area (Å²) in [5.74, 6) is -0.556. The number of halogens is 1. The summed E-state index contributed by atoms with van der Waals surface area (Å²) in [6.07, 6.45) is 3.23. The van der Waals surface area contributed by atoms with Crippen LogP contribution >= 0.6 is 12.4 Å². The fraction of sp³-hybridized carbons (Fsp3) is 0.588. The van der Waals surface area contributed by atoms with Gasteiger partial charge in [0, 0.05) is 19.1 Å². The first-order valence-corrected chi connectivity index (χ1v) is 10.0. The summed E-state index contributed by atoms with van der Waals surface area (Å²) in [6, 6.07) is 10.1. The average Bonchev–Trinajstić information content (AvgIpc) is 2.55. The van der Waals surface area contributed by atoms with Crippen LogP contribution in [0.15, 0.2) is 30.3 Å². The van der Waals surface area contributed by atoms with Crippen molar-refractivity contribution in [3.05, 3.63) is 35.9 Å². The van der Waals surface area contributed by atoms with Gasteiger partial charge in [0.15, 0.2) is 9.84 Å². The molecule has 1 aromatic carbocycles. The molecule has 1 unspecified atom stereocenters. The van der Waals surface area contributed by atoms with E-state index in [0.29, 0.717) is 19.5 Å². The lowest BCUT2D eigenvalue weighted by Gasteiger charge is -2.32. The molecule has 2 rings (SSSR count). The Hall–Kier alpha value is -1.11. The zero-order chi connectivity index (χ0) is 16.7. The summed E-state index contributed by atoms with van der Waals surface area (Å²) in [5.41, 5.74) is 1.13. The second-order valence-corrected chi connectivity index (χ2v) is 8.33. The third-order valence-corrected chi connectivity index (χ3v) is 5.89. The van der Waals surface area contributed by atoms with Crippen molar-refractivity contribution in [1.82, 2.24) is 10.2 Å². The molecule has 1 amide bonds. The van der Waals surface area contributed by atoms with Gasteiger partial charge in [-0.25, -0.2) is 8.42 Å².